The Balaban J connectivity index is 2.61. The monoisotopic (exact) mass is 358 g/mol. The molecule has 5 heteroatoms. The summed E-state index contributed by atoms with van der Waals surface area (Å²) in [7, 11) is -3.74. The Morgan fingerprint density at radius 2 is 1.44 bits per heavy atom. The highest BCUT2D eigenvalue weighted by molar-refractivity contribution is 7.92. The molecule has 0 amide bonds. The second-order valence-electron chi connectivity index (χ2n) is 6.01. The van der Waals surface area contributed by atoms with E-state index in [4.69, 9.17) is 4.74 Å². The van der Waals surface area contributed by atoms with Gasteiger partial charge in [0, 0.05) is 6.92 Å². The number of esters is 1. The molecule has 0 saturated heterocycles. The zero-order valence-corrected chi connectivity index (χ0v) is 15.4. The molecule has 132 valence electrons. The number of carbonyl (C=O) groups is 1. The summed E-state index contributed by atoms with van der Waals surface area (Å²) >= 11 is 0. The first-order chi connectivity index (χ1) is 11.8. The summed E-state index contributed by atoms with van der Waals surface area (Å²) in [5, 5.41) is -1.01. The van der Waals surface area contributed by atoms with Gasteiger partial charge >= 0.3 is 5.97 Å². The van der Waals surface area contributed by atoms with E-state index in [1.54, 1.807) is 60.7 Å². The van der Waals surface area contributed by atoms with E-state index in [1.807, 2.05) is 19.9 Å². The third kappa shape index (κ3) is 4.79. The molecule has 0 heterocycles. The average Bonchev–Trinajstić information content (AvgIpc) is 2.59. The minimum absolute atomic E-state index is 0.200. The fourth-order valence-corrected chi connectivity index (χ4v) is 4.42. The van der Waals surface area contributed by atoms with Crippen molar-refractivity contribution in [2.24, 2.45) is 0 Å². The van der Waals surface area contributed by atoms with Gasteiger partial charge in [0.1, 0.15) is 11.4 Å². The Hall–Kier alpha value is -2.40. The van der Waals surface area contributed by atoms with Crippen molar-refractivity contribution in [1.82, 2.24) is 0 Å². The van der Waals surface area contributed by atoms with Gasteiger partial charge in [-0.1, -0.05) is 60.2 Å². The number of carbonyl (C=O) groups excluding carboxylic acids is 1. The first kappa shape index (κ1) is 18.9. The van der Waals surface area contributed by atoms with Crippen molar-refractivity contribution in [2.45, 2.75) is 37.0 Å². The van der Waals surface area contributed by atoms with Crippen molar-refractivity contribution in [2.75, 3.05) is 0 Å². The Bertz CT molecular complexity index is 836. The lowest BCUT2D eigenvalue weighted by Gasteiger charge is -2.25. The molecule has 4 nitrogen and oxygen atoms in total. The van der Waals surface area contributed by atoms with Crippen LogP contribution >= 0.6 is 0 Å². The number of hydrogen-bond donors (Lipinski definition) is 0. The van der Waals surface area contributed by atoms with Crippen LogP contribution in [0.25, 0.3) is 0 Å². The molecule has 0 bridgehead atoms. The Morgan fingerprint density at radius 3 is 1.92 bits per heavy atom. The van der Waals surface area contributed by atoms with E-state index in [0.717, 1.165) is 5.57 Å². The summed E-state index contributed by atoms with van der Waals surface area (Å²) in [6.45, 7) is 4.93. The summed E-state index contributed by atoms with van der Waals surface area (Å²) in [4.78, 5) is 11.8. The maximum atomic E-state index is 13.2. The second kappa shape index (κ2) is 8.12. The van der Waals surface area contributed by atoms with Gasteiger partial charge in [-0.15, -0.1) is 0 Å². The maximum Gasteiger partial charge on any atom is 0.303 e. The lowest BCUT2D eigenvalue weighted by molar-refractivity contribution is -0.146. The van der Waals surface area contributed by atoms with Crippen molar-refractivity contribution in [1.29, 1.82) is 0 Å². The maximum absolute atomic E-state index is 13.2. The van der Waals surface area contributed by atoms with Crippen LogP contribution in [-0.4, -0.2) is 19.6 Å². The summed E-state index contributed by atoms with van der Waals surface area (Å²) in [6.07, 6.45) is 0.724. The molecule has 0 saturated carbocycles. The quantitative estimate of drug-likeness (QED) is 0.576. The molecule has 0 aliphatic rings. The highest BCUT2D eigenvalue weighted by atomic mass is 32.2. The van der Waals surface area contributed by atoms with E-state index in [2.05, 4.69) is 0 Å². The van der Waals surface area contributed by atoms with Gasteiger partial charge in [0.15, 0.2) is 9.84 Å². The predicted molar refractivity (Wildman–Crippen MR) is 97.8 cm³/mol. The SMILES string of the molecule is CC(=O)OC(c1ccccc1)C(C=C(C)C)S(=O)(=O)c1ccccc1. The van der Waals surface area contributed by atoms with Crippen LogP contribution in [0.15, 0.2) is 77.2 Å². The van der Waals surface area contributed by atoms with Crippen LogP contribution in [0.3, 0.4) is 0 Å². The zero-order chi connectivity index (χ0) is 18.4. The molecule has 0 aliphatic heterocycles. The Morgan fingerprint density at radius 1 is 0.920 bits per heavy atom. The van der Waals surface area contributed by atoms with Gasteiger partial charge in [0.25, 0.3) is 0 Å². The van der Waals surface area contributed by atoms with Crippen LogP contribution in [0.2, 0.25) is 0 Å². The molecule has 25 heavy (non-hydrogen) atoms. The number of sulfone groups is 1. The molecule has 0 N–H and O–H groups in total. The fourth-order valence-electron chi connectivity index (χ4n) is 2.58. The zero-order valence-electron chi connectivity index (χ0n) is 14.5. The molecular formula is C20H22O4S. The number of allylic oxidation sites excluding steroid dienone is 1. The largest absolute Gasteiger partial charge is 0.456 e. The van der Waals surface area contributed by atoms with Gasteiger partial charge < -0.3 is 4.74 Å². The topological polar surface area (TPSA) is 60.4 Å². The van der Waals surface area contributed by atoms with E-state index in [-0.39, 0.29) is 4.90 Å². The predicted octanol–water partition coefficient (Wildman–Crippen LogP) is 4.10. The van der Waals surface area contributed by atoms with Crippen molar-refractivity contribution >= 4 is 15.8 Å². The number of benzene rings is 2. The van der Waals surface area contributed by atoms with Crippen molar-refractivity contribution in [3.63, 3.8) is 0 Å². The van der Waals surface area contributed by atoms with Crippen LogP contribution < -0.4 is 0 Å². The second-order valence-corrected chi connectivity index (χ2v) is 8.11. The molecule has 2 aromatic rings. The molecule has 2 unspecified atom stereocenters. The van der Waals surface area contributed by atoms with E-state index in [9.17, 15) is 13.2 Å². The summed E-state index contributed by atoms with van der Waals surface area (Å²) in [5.41, 5.74) is 1.47. The Kier molecular flexibility index (Phi) is 6.15. The number of hydrogen-bond acceptors (Lipinski definition) is 4. The van der Waals surface area contributed by atoms with Crippen LogP contribution in [0, 0.1) is 0 Å². The molecule has 2 atom stereocenters. The molecule has 0 radical (unpaired) electrons. The van der Waals surface area contributed by atoms with Gasteiger partial charge in [-0.3, -0.25) is 4.79 Å². The molecular weight excluding hydrogens is 336 g/mol. The molecule has 0 aliphatic carbocycles. The minimum atomic E-state index is -3.74. The van der Waals surface area contributed by atoms with Gasteiger partial charge in [-0.25, -0.2) is 8.42 Å². The van der Waals surface area contributed by atoms with Gasteiger partial charge in [0.2, 0.25) is 0 Å². The van der Waals surface area contributed by atoms with Crippen molar-refractivity contribution in [3.05, 3.63) is 77.9 Å². The molecule has 0 fully saturated rings. The number of ether oxygens (including phenoxy) is 1. The van der Waals surface area contributed by atoms with E-state index in [1.165, 1.54) is 6.92 Å². The van der Waals surface area contributed by atoms with Crippen LogP contribution in [0.5, 0.6) is 0 Å². The van der Waals surface area contributed by atoms with Crippen LogP contribution in [-0.2, 0) is 19.4 Å². The minimum Gasteiger partial charge on any atom is -0.456 e. The number of rotatable bonds is 6. The van der Waals surface area contributed by atoms with Gasteiger partial charge in [-0.2, -0.15) is 0 Å². The Labute approximate surface area is 149 Å². The third-order valence-corrected chi connectivity index (χ3v) is 5.68. The van der Waals surface area contributed by atoms with Crippen LogP contribution in [0.4, 0.5) is 0 Å². The van der Waals surface area contributed by atoms with Crippen LogP contribution in [0.1, 0.15) is 32.4 Å². The molecule has 0 aromatic heterocycles. The fraction of sp³-hybridized carbons (Fsp3) is 0.250. The van der Waals surface area contributed by atoms with Gasteiger partial charge in [-0.05, 0) is 31.5 Å². The average molecular weight is 358 g/mol. The van der Waals surface area contributed by atoms with Crippen molar-refractivity contribution in [3.8, 4) is 0 Å². The smallest absolute Gasteiger partial charge is 0.303 e. The third-order valence-electron chi connectivity index (χ3n) is 3.65. The highest BCUT2D eigenvalue weighted by Crippen LogP contribution is 2.32. The van der Waals surface area contributed by atoms with Crippen molar-refractivity contribution < 1.29 is 17.9 Å². The van der Waals surface area contributed by atoms with E-state index < -0.39 is 27.2 Å². The van der Waals surface area contributed by atoms with Gasteiger partial charge in [0.05, 0.1) is 4.90 Å². The standard InChI is InChI=1S/C20H22O4S/c1-15(2)14-19(25(22,23)18-12-8-5-9-13-18)20(24-16(3)21)17-10-6-4-7-11-17/h4-14,19-20H,1-3H3. The van der Waals surface area contributed by atoms with E-state index >= 15 is 0 Å². The summed E-state index contributed by atoms with van der Waals surface area (Å²) < 4.78 is 31.9. The molecule has 2 rings (SSSR count). The lowest BCUT2D eigenvalue weighted by Crippen LogP contribution is -2.30. The molecule has 0 spiro atoms. The summed E-state index contributed by atoms with van der Waals surface area (Å²) in [6, 6.07) is 17.2. The normalized spacial score (nSPS) is 13.6. The molecule has 2 aromatic carbocycles. The van der Waals surface area contributed by atoms with E-state index in [0.29, 0.717) is 5.56 Å². The first-order valence-electron chi connectivity index (χ1n) is 7.98. The highest BCUT2D eigenvalue weighted by Gasteiger charge is 2.36. The lowest BCUT2D eigenvalue weighted by atomic mass is 10.0. The summed E-state index contributed by atoms with van der Waals surface area (Å²) in [5.74, 6) is -0.524. The first-order valence-corrected chi connectivity index (χ1v) is 9.53.